The lowest BCUT2D eigenvalue weighted by Gasteiger charge is -2.26. The first-order chi connectivity index (χ1) is 9.67. The van der Waals surface area contributed by atoms with Gasteiger partial charge < -0.3 is 10.4 Å². The molecule has 108 valence electrons. The average Bonchev–Trinajstić information content (AvgIpc) is 2.47. The first kappa shape index (κ1) is 15.4. The van der Waals surface area contributed by atoms with Gasteiger partial charge in [0.15, 0.2) is 0 Å². The maximum absolute atomic E-state index is 9.39. The molecule has 0 radical (unpaired) electrons. The molecular formula is C17H23NOS. The SMILES string of the molecule is CSC(CO)C(C)NC(C)c1cccc2ccccc12. The second kappa shape index (κ2) is 7.11. The Labute approximate surface area is 125 Å². The highest BCUT2D eigenvalue weighted by Crippen LogP contribution is 2.25. The number of thioether (sulfide) groups is 1. The van der Waals surface area contributed by atoms with Gasteiger partial charge in [0.2, 0.25) is 0 Å². The Morgan fingerprint density at radius 3 is 2.50 bits per heavy atom. The van der Waals surface area contributed by atoms with E-state index in [4.69, 9.17) is 0 Å². The first-order valence-electron chi connectivity index (χ1n) is 7.04. The van der Waals surface area contributed by atoms with Crippen molar-refractivity contribution in [2.24, 2.45) is 0 Å². The van der Waals surface area contributed by atoms with Crippen LogP contribution in [0.15, 0.2) is 42.5 Å². The molecule has 2 N–H and O–H groups in total. The molecule has 0 aromatic heterocycles. The summed E-state index contributed by atoms with van der Waals surface area (Å²) in [5.41, 5.74) is 1.31. The van der Waals surface area contributed by atoms with Crippen LogP contribution in [0.5, 0.6) is 0 Å². The van der Waals surface area contributed by atoms with E-state index in [1.54, 1.807) is 11.8 Å². The van der Waals surface area contributed by atoms with Gasteiger partial charge in [-0.2, -0.15) is 11.8 Å². The second-order valence-corrected chi connectivity index (χ2v) is 6.28. The summed E-state index contributed by atoms with van der Waals surface area (Å²) in [6.45, 7) is 4.53. The summed E-state index contributed by atoms with van der Waals surface area (Å²) >= 11 is 1.71. The summed E-state index contributed by atoms with van der Waals surface area (Å²) in [4.78, 5) is 0. The maximum Gasteiger partial charge on any atom is 0.0564 e. The van der Waals surface area contributed by atoms with Crippen molar-refractivity contribution in [3.63, 3.8) is 0 Å². The first-order valence-corrected chi connectivity index (χ1v) is 8.33. The number of aliphatic hydroxyl groups excluding tert-OH is 1. The Hall–Kier alpha value is -1.03. The molecule has 0 amide bonds. The Bertz CT molecular complexity index is 548. The van der Waals surface area contributed by atoms with Gasteiger partial charge in [-0.05, 0) is 36.4 Å². The number of fused-ring (bicyclic) bond motifs is 1. The zero-order valence-corrected chi connectivity index (χ0v) is 13.2. The van der Waals surface area contributed by atoms with E-state index in [-0.39, 0.29) is 23.9 Å². The monoisotopic (exact) mass is 289 g/mol. The predicted molar refractivity (Wildman–Crippen MR) is 89.3 cm³/mol. The van der Waals surface area contributed by atoms with Crippen LogP contribution < -0.4 is 5.32 Å². The third-order valence-corrected chi connectivity index (χ3v) is 5.01. The van der Waals surface area contributed by atoms with Gasteiger partial charge in [-0.3, -0.25) is 0 Å². The van der Waals surface area contributed by atoms with Crippen molar-refractivity contribution >= 4 is 22.5 Å². The fraction of sp³-hybridized carbons (Fsp3) is 0.412. The molecule has 2 rings (SSSR count). The lowest BCUT2D eigenvalue weighted by molar-refractivity contribution is 0.272. The zero-order chi connectivity index (χ0) is 14.5. The van der Waals surface area contributed by atoms with Crippen molar-refractivity contribution in [2.45, 2.75) is 31.2 Å². The highest BCUT2D eigenvalue weighted by atomic mass is 32.2. The van der Waals surface area contributed by atoms with Crippen molar-refractivity contribution in [3.8, 4) is 0 Å². The van der Waals surface area contributed by atoms with Crippen LogP contribution in [0.3, 0.4) is 0 Å². The molecule has 3 unspecified atom stereocenters. The van der Waals surface area contributed by atoms with Crippen molar-refractivity contribution in [3.05, 3.63) is 48.0 Å². The minimum atomic E-state index is 0.206. The van der Waals surface area contributed by atoms with E-state index in [9.17, 15) is 5.11 Å². The largest absolute Gasteiger partial charge is 0.395 e. The van der Waals surface area contributed by atoms with Crippen LogP contribution in [0.1, 0.15) is 25.5 Å². The van der Waals surface area contributed by atoms with Crippen molar-refractivity contribution in [1.82, 2.24) is 5.32 Å². The van der Waals surface area contributed by atoms with E-state index in [0.29, 0.717) is 0 Å². The van der Waals surface area contributed by atoms with Gasteiger partial charge in [0, 0.05) is 17.3 Å². The molecule has 2 aromatic rings. The van der Waals surface area contributed by atoms with E-state index in [1.165, 1.54) is 16.3 Å². The van der Waals surface area contributed by atoms with Crippen molar-refractivity contribution in [2.75, 3.05) is 12.9 Å². The number of hydrogen-bond acceptors (Lipinski definition) is 3. The molecule has 2 aromatic carbocycles. The highest BCUT2D eigenvalue weighted by Gasteiger charge is 2.18. The van der Waals surface area contributed by atoms with Gasteiger partial charge in [0.05, 0.1) is 6.61 Å². The Kier molecular flexibility index (Phi) is 5.46. The summed E-state index contributed by atoms with van der Waals surface area (Å²) < 4.78 is 0. The lowest BCUT2D eigenvalue weighted by atomic mass is 9.99. The topological polar surface area (TPSA) is 32.3 Å². The number of nitrogens with one attached hydrogen (secondary N) is 1. The smallest absolute Gasteiger partial charge is 0.0564 e. The van der Waals surface area contributed by atoms with Crippen LogP contribution in [0.4, 0.5) is 0 Å². The standard InChI is InChI=1S/C17H23NOS/c1-12(18-13(2)17(11-19)20-3)15-10-6-8-14-7-4-5-9-16(14)15/h4-10,12-13,17-19H,11H2,1-3H3. The van der Waals surface area contributed by atoms with E-state index in [1.807, 2.05) is 6.26 Å². The molecule has 20 heavy (non-hydrogen) atoms. The van der Waals surface area contributed by atoms with E-state index >= 15 is 0 Å². The van der Waals surface area contributed by atoms with Gasteiger partial charge >= 0.3 is 0 Å². The van der Waals surface area contributed by atoms with E-state index < -0.39 is 0 Å². The third kappa shape index (κ3) is 3.35. The van der Waals surface area contributed by atoms with Crippen LogP contribution in [0.2, 0.25) is 0 Å². The predicted octanol–water partition coefficient (Wildman–Crippen LogP) is 3.60. The molecule has 0 aliphatic carbocycles. The lowest BCUT2D eigenvalue weighted by Crippen LogP contribution is -2.39. The second-order valence-electron chi connectivity index (χ2n) is 5.20. The summed E-state index contributed by atoms with van der Waals surface area (Å²) in [6.07, 6.45) is 2.04. The molecule has 0 fully saturated rings. The van der Waals surface area contributed by atoms with Crippen LogP contribution >= 0.6 is 11.8 Å². The molecule has 3 atom stereocenters. The quantitative estimate of drug-likeness (QED) is 0.852. The molecule has 0 aliphatic heterocycles. The fourth-order valence-electron chi connectivity index (χ4n) is 2.66. The van der Waals surface area contributed by atoms with Crippen LogP contribution in [0.25, 0.3) is 10.8 Å². The minimum Gasteiger partial charge on any atom is -0.395 e. The molecule has 0 aliphatic rings. The highest BCUT2D eigenvalue weighted by molar-refractivity contribution is 7.99. The Morgan fingerprint density at radius 1 is 1.10 bits per heavy atom. The summed E-state index contributed by atoms with van der Waals surface area (Å²) in [5.74, 6) is 0. The van der Waals surface area contributed by atoms with Crippen LogP contribution in [0, 0.1) is 0 Å². The van der Waals surface area contributed by atoms with E-state index in [0.717, 1.165) is 0 Å². The Morgan fingerprint density at radius 2 is 1.80 bits per heavy atom. The van der Waals surface area contributed by atoms with Gasteiger partial charge in [0.1, 0.15) is 0 Å². The van der Waals surface area contributed by atoms with Crippen molar-refractivity contribution < 1.29 is 5.11 Å². The number of benzene rings is 2. The number of aliphatic hydroxyl groups is 1. The molecule has 0 saturated heterocycles. The Balaban J connectivity index is 2.21. The molecule has 3 heteroatoms. The zero-order valence-electron chi connectivity index (χ0n) is 12.3. The molecule has 0 heterocycles. The van der Waals surface area contributed by atoms with Crippen LogP contribution in [-0.2, 0) is 0 Å². The third-order valence-electron chi connectivity index (χ3n) is 3.84. The summed E-state index contributed by atoms with van der Waals surface area (Å²) in [7, 11) is 0. The molecule has 0 saturated carbocycles. The maximum atomic E-state index is 9.39. The van der Waals surface area contributed by atoms with Crippen molar-refractivity contribution in [1.29, 1.82) is 0 Å². The molecule has 2 nitrogen and oxygen atoms in total. The normalized spacial score (nSPS) is 16.0. The molecule has 0 bridgehead atoms. The van der Waals surface area contributed by atoms with Gasteiger partial charge in [-0.15, -0.1) is 0 Å². The summed E-state index contributed by atoms with van der Waals surface area (Å²) in [6, 6.07) is 15.4. The van der Waals surface area contributed by atoms with Gasteiger partial charge in [0.25, 0.3) is 0 Å². The number of hydrogen-bond donors (Lipinski definition) is 2. The fourth-order valence-corrected chi connectivity index (χ4v) is 3.29. The van der Waals surface area contributed by atoms with Crippen LogP contribution in [-0.4, -0.2) is 29.3 Å². The number of rotatable bonds is 6. The average molecular weight is 289 g/mol. The van der Waals surface area contributed by atoms with E-state index in [2.05, 4.69) is 61.6 Å². The van der Waals surface area contributed by atoms with Gasteiger partial charge in [-0.25, -0.2) is 0 Å². The molecular weight excluding hydrogens is 266 g/mol. The molecule has 0 spiro atoms. The summed E-state index contributed by atoms with van der Waals surface area (Å²) in [5, 5.41) is 15.8. The van der Waals surface area contributed by atoms with Gasteiger partial charge in [-0.1, -0.05) is 42.5 Å². The minimum absolute atomic E-state index is 0.206.